The number of aromatic nitrogens is 1. The third kappa shape index (κ3) is 8.32. The minimum Gasteiger partial charge on any atom is -0.480 e. The molecule has 0 fully saturated rings. The van der Waals surface area contributed by atoms with Crippen LogP contribution >= 0.6 is 0 Å². The van der Waals surface area contributed by atoms with Crippen molar-refractivity contribution in [3.8, 4) is 0 Å². The van der Waals surface area contributed by atoms with E-state index in [9.17, 15) is 4.79 Å². The maximum absolute atomic E-state index is 10.2. The molecule has 0 spiro atoms. The molecule has 0 saturated carbocycles. The molecule has 1 heterocycles. The first-order valence-corrected chi connectivity index (χ1v) is 6.95. The molecule has 0 aromatic carbocycles. The number of unbranched alkanes of at least 4 members (excludes halogenated alkanes) is 1. The van der Waals surface area contributed by atoms with Gasteiger partial charge in [0.15, 0.2) is 12.4 Å². The fourth-order valence-electron chi connectivity index (χ4n) is 1.42. The van der Waals surface area contributed by atoms with Crippen molar-refractivity contribution in [1.82, 2.24) is 0 Å². The first-order valence-electron chi connectivity index (χ1n) is 6.95. The molecular formula is C15H27N2O2+. The highest BCUT2D eigenvalue weighted by atomic mass is 16.4. The highest BCUT2D eigenvalue weighted by Gasteiger charge is 2.17. The second-order valence-electron chi connectivity index (χ2n) is 4.72. The van der Waals surface area contributed by atoms with E-state index in [1.165, 1.54) is 12.8 Å². The molecule has 0 amide bonds. The highest BCUT2D eigenvalue weighted by Crippen LogP contribution is 2.04. The Bertz CT molecular complexity index is 341. The summed E-state index contributed by atoms with van der Waals surface area (Å²) in [6.07, 6.45) is 7.56. The third-order valence-electron chi connectivity index (χ3n) is 3.09. The largest absolute Gasteiger partial charge is 0.480 e. The zero-order valence-corrected chi connectivity index (χ0v) is 12.2. The van der Waals surface area contributed by atoms with E-state index < -0.39 is 12.0 Å². The Balaban J connectivity index is 0.000000344. The maximum atomic E-state index is 10.2. The summed E-state index contributed by atoms with van der Waals surface area (Å²) in [7, 11) is 0. The zero-order chi connectivity index (χ0) is 14.7. The van der Waals surface area contributed by atoms with Gasteiger partial charge in [0.2, 0.25) is 0 Å². The first-order chi connectivity index (χ1) is 9.02. The minimum atomic E-state index is -0.913. The van der Waals surface area contributed by atoms with Gasteiger partial charge in [0.05, 0.1) is 0 Å². The number of nitrogens with two attached hydrogens (primary N) is 1. The van der Waals surface area contributed by atoms with E-state index >= 15 is 0 Å². The van der Waals surface area contributed by atoms with E-state index in [1.807, 2.05) is 19.9 Å². The molecule has 0 aliphatic carbocycles. The van der Waals surface area contributed by atoms with Gasteiger partial charge in [-0.05, 0) is 5.92 Å². The fraction of sp³-hybridized carbons (Fsp3) is 0.600. The number of hydrogen-bond donors (Lipinski definition) is 2. The van der Waals surface area contributed by atoms with Crippen LogP contribution in [0.5, 0.6) is 0 Å². The van der Waals surface area contributed by atoms with E-state index in [0.717, 1.165) is 13.0 Å². The van der Waals surface area contributed by atoms with Crippen molar-refractivity contribution in [2.24, 2.45) is 11.7 Å². The van der Waals surface area contributed by atoms with Crippen LogP contribution in [0.3, 0.4) is 0 Å². The molecule has 2 atom stereocenters. The predicted molar refractivity (Wildman–Crippen MR) is 76.6 cm³/mol. The Morgan fingerprint density at radius 1 is 1.26 bits per heavy atom. The van der Waals surface area contributed by atoms with Gasteiger partial charge >= 0.3 is 5.97 Å². The number of nitrogens with zero attached hydrogens (tertiary/aromatic N) is 1. The van der Waals surface area contributed by atoms with Gasteiger partial charge in [0.25, 0.3) is 0 Å². The van der Waals surface area contributed by atoms with E-state index in [0.29, 0.717) is 0 Å². The summed E-state index contributed by atoms with van der Waals surface area (Å²) < 4.78 is 2.21. The molecule has 108 valence electrons. The summed E-state index contributed by atoms with van der Waals surface area (Å²) >= 11 is 0. The van der Waals surface area contributed by atoms with Crippen LogP contribution in [-0.4, -0.2) is 17.1 Å². The Labute approximate surface area is 116 Å². The Morgan fingerprint density at radius 2 is 1.84 bits per heavy atom. The highest BCUT2D eigenvalue weighted by molar-refractivity contribution is 5.73. The standard InChI is InChI=1S/C9H14N.C6H13NO2/c1-2-3-7-10-8-5-4-6-9-10;1-3-4(2)5(7)6(8)9/h4-6,8-9H,2-3,7H2,1H3;4-5H,3,7H2,1-2H3,(H,8,9)/q+1;. The number of aryl methyl sites for hydroxylation is 1. The van der Waals surface area contributed by atoms with Gasteiger partial charge in [-0.1, -0.05) is 39.7 Å². The Morgan fingerprint density at radius 3 is 2.21 bits per heavy atom. The molecule has 4 heteroatoms. The molecule has 4 nitrogen and oxygen atoms in total. The van der Waals surface area contributed by atoms with E-state index in [1.54, 1.807) is 0 Å². The van der Waals surface area contributed by atoms with Crippen molar-refractivity contribution in [2.75, 3.05) is 0 Å². The summed E-state index contributed by atoms with van der Waals surface area (Å²) in [6.45, 7) is 7.12. The Hall–Kier alpha value is -1.42. The van der Waals surface area contributed by atoms with Crippen LogP contribution in [0.1, 0.15) is 40.0 Å². The number of hydrogen-bond acceptors (Lipinski definition) is 2. The molecule has 0 aliphatic rings. The number of pyridine rings is 1. The fourth-order valence-corrected chi connectivity index (χ4v) is 1.42. The van der Waals surface area contributed by atoms with Crippen LogP contribution in [0.15, 0.2) is 30.6 Å². The number of aliphatic carboxylic acids is 1. The number of carboxylic acids is 1. The molecule has 19 heavy (non-hydrogen) atoms. The molecular weight excluding hydrogens is 240 g/mol. The molecule has 3 N–H and O–H groups in total. The van der Waals surface area contributed by atoms with Gasteiger partial charge < -0.3 is 10.8 Å². The molecule has 0 bridgehead atoms. The monoisotopic (exact) mass is 267 g/mol. The molecule has 0 radical (unpaired) electrons. The lowest BCUT2D eigenvalue weighted by atomic mass is 10.0. The molecule has 1 rings (SSSR count). The lowest BCUT2D eigenvalue weighted by Gasteiger charge is -2.11. The van der Waals surface area contributed by atoms with Gasteiger partial charge in [-0.25, -0.2) is 4.57 Å². The summed E-state index contributed by atoms with van der Waals surface area (Å²) in [4.78, 5) is 10.2. The first kappa shape index (κ1) is 17.6. The average Bonchev–Trinajstić information content (AvgIpc) is 2.45. The summed E-state index contributed by atoms with van der Waals surface area (Å²) in [6, 6.07) is 5.48. The molecule has 0 aliphatic heterocycles. The van der Waals surface area contributed by atoms with Crippen LogP contribution in [0, 0.1) is 5.92 Å². The van der Waals surface area contributed by atoms with Crippen molar-refractivity contribution in [3.63, 3.8) is 0 Å². The number of carboxylic acid groups (broad SMARTS) is 1. The van der Waals surface area contributed by atoms with Crippen molar-refractivity contribution in [1.29, 1.82) is 0 Å². The van der Waals surface area contributed by atoms with Crippen molar-refractivity contribution in [3.05, 3.63) is 30.6 Å². The quantitative estimate of drug-likeness (QED) is 0.777. The van der Waals surface area contributed by atoms with E-state index in [4.69, 9.17) is 10.8 Å². The zero-order valence-electron chi connectivity index (χ0n) is 12.2. The average molecular weight is 267 g/mol. The number of rotatable bonds is 6. The van der Waals surface area contributed by atoms with Gasteiger partial charge in [-0.15, -0.1) is 0 Å². The van der Waals surface area contributed by atoms with Gasteiger partial charge in [0.1, 0.15) is 12.6 Å². The van der Waals surface area contributed by atoms with Gasteiger partial charge in [0, 0.05) is 18.6 Å². The third-order valence-corrected chi connectivity index (χ3v) is 3.09. The minimum absolute atomic E-state index is 0.0718. The molecule has 1 aromatic rings. The summed E-state index contributed by atoms with van der Waals surface area (Å²) in [5.74, 6) is -0.841. The van der Waals surface area contributed by atoms with Gasteiger partial charge in [-0.3, -0.25) is 4.79 Å². The van der Waals surface area contributed by atoms with E-state index in [-0.39, 0.29) is 5.92 Å². The predicted octanol–water partition coefficient (Wildman–Crippen LogP) is 2.22. The van der Waals surface area contributed by atoms with Crippen LogP contribution in [0.2, 0.25) is 0 Å². The topological polar surface area (TPSA) is 67.2 Å². The Kier molecular flexibility index (Phi) is 9.71. The van der Waals surface area contributed by atoms with Crippen LogP contribution in [0.25, 0.3) is 0 Å². The molecule has 2 unspecified atom stereocenters. The lowest BCUT2D eigenvalue weighted by Crippen LogP contribution is -2.36. The van der Waals surface area contributed by atoms with Crippen molar-refractivity contribution < 1.29 is 14.5 Å². The van der Waals surface area contributed by atoms with Crippen molar-refractivity contribution >= 4 is 5.97 Å². The van der Waals surface area contributed by atoms with Crippen LogP contribution < -0.4 is 10.3 Å². The van der Waals surface area contributed by atoms with Gasteiger partial charge in [-0.2, -0.15) is 0 Å². The summed E-state index contributed by atoms with van der Waals surface area (Å²) in [5.41, 5.74) is 5.27. The summed E-state index contributed by atoms with van der Waals surface area (Å²) in [5, 5.41) is 8.36. The second-order valence-corrected chi connectivity index (χ2v) is 4.72. The second kappa shape index (κ2) is 10.5. The van der Waals surface area contributed by atoms with Crippen LogP contribution in [-0.2, 0) is 11.3 Å². The van der Waals surface area contributed by atoms with Crippen molar-refractivity contribution in [2.45, 2.75) is 52.6 Å². The maximum Gasteiger partial charge on any atom is 0.320 e. The SMILES string of the molecule is CCC(C)C(N)C(=O)O.CCCC[n+]1ccccc1. The normalized spacial score (nSPS) is 13.1. The number of carbonyl (C=O) groups is 1. The smallest absolute Gasteiger partial charge is 0.320 e. The molecule has 0 saturated heterocycles. The van der Waals surface area contributed by atoms with Crippen LogP contribution in [0.4, 0.5) is 0 Å². The lowest BCUT2D eigenvalue weighted by molar-refractivity contribution is -0.697. The molecule has 1 aromatic heterocycles. The van der Waals surface area contributed by atoms with E-state index in [2.05, 4.69) is 36.0 Å².